The van der Waals surface area contributed by atoms with Gasteiger partial charge in [-0.1, -0.05) is 6.42 Å². The third-order valence-corrected chi connectivity index (χ3v) is 8.03. The first-order chi connectivity index (χ1) is 13.5. The minimum Gasteiger partial charge on any atom is -0.347 e. The van der Waals surface area contributed by atoms with E-state index in [2.05, 4.69) is 15.2 Å². The monoisotopic (exact) mass is 420 g/mol. The quantitative estimate of drug-likeness (QED) is 0.803. The predicted octanol–water partition coefficient (Wildman–Crippen LogP) is 2.33. The van der Waals surface area contributed by atoms with Crippen molar-refractivity contribution in [2.45, 2.75) is 36.6 Å². The number of nitrogens with zero attached hydrogens (tertiary/aromatic N) is 3. The Kier molecular flexibility index (Phi) is 5.65. The lowest BCUT2D eigenvalue weighted by atomic mass is 10.2. The number of hydrogen-bond acceptors (Lipinski definition) is 6. The second-order valence-electron chi connectivity index (χ2n) is 7.21. The van der Waals surface area contributed by atoms with Gasteiger partial charge < -0.3 is 10.2 Å². The van der Waals surface area contributed by atoms with Crippen molar-refractivity contribution in [2.75, 3.05) is 31.1 Å². The maximum atomic E-state index is 12.7. The van der Waals surface area contributed by atoms with Crippen LogP contribution in [0.5, 0.6) is 0 Å². The number of piperidine rings is 1. The lowest BCUT2D eigenvalue weighted by molar-refractivity contribution is 0.0940. The molecule has 1 aromatic heterocycles. The lowest BCUT2D eigenvalue weighted by Crippen LogP contribution is -2.37. The fraction of sp³-hybridized carbons (Fsp3) is 0.474. The van der Waals surface area contributed by atoms with Crippen molar-refractivity contribution in [3.8, 4) is 0 Å². The van der Waals surface area contributed by atoms with Crippen LogP contribution in [-0.2, 0) is 10.0 Å². The molecule has 150 valence electrons. The summed E-state index contributed by atoms with van der Waals surface area (Å²) in [5, 5.41) is 5.97. The number of carbonyl (C=O) groups excluding carboxylic acids is 1. The third kappa shape index (κ3) is 4.06. The fourth-order valence-corrected chi connectivity index (χ4v) is 5.92. The van der Waals surface area contributed by atoms with E-state index in [-0.39, 0.29) is 16.8 Å². The number of anilines is 1. The van der Waals surface area contributed by atoms with Crippen molar-refractivity contribution >= 4 is 32.4 Å². The molecule has 0 bridgehead atoms. The van der Waals surface area contributed by atoms with E-state index in [9.17, 15) is 13.2 Å². The van der Waals surface area contributed by atoms with E-state index in [4.69, 9.17) is 0 Å². The zero-order chi connectivity index (χ0) is 19.6. The predicted molar refractivity (Wildman–Crippen MR) is 109 cm³/mol. The van der Waals surface area contributed by atoms with Crippen molar-refractivity contribution in [3.63, 3.8) is 0 Å². The molecule has 0 spiro atoms. The summed E-state index contributed by atoms with van der Waals surface area (Å²) in [6, 6.07) is 6.33. The highest BCUT2D eigenvalue weighted by Crippen LogP contribution is 2.23. The van der Waals surface area contributed by atoms with E-state index in [0.29, 0.717) is 18.7 Å². The van der Waals surface area contributed by atoms with Crippen molar-refractivity contribution < 1.29 is 13.2 Å². The molecule has 1 amide bonds. The summed E-state index contributed by atoms with van der Waals surface area (Å²) in [5.41, 5.74) is 0.477. The second kappa shape index (κ2) is 8.18. The van der Waals surface area contributed by atoms with Crippen LogP contribution >= 0.6 is 11.3 Å². The number of sulfonamides is 1. The molecular weight excluding hydrogens is 396 g/mol. The molecule has 1 unspecified atom stereocenters. The van der Waals surface area contributed by atoms with Crippen molar-refractivity contribution in [2.24, 2.45) is 0 Å². The molecule has 28 heavy (non-hydrogen) atoms. The van der Waals surface area contributed by atoms with Crippen LogP contribution in [0.25, 0.3) is 0 Å². The van der Waals surface area contributed by atoms with Gasteiger partial charge in [-0.2, -0.15) is 4.31 Å². The number of hydrogen-bond donors (Lipinski definition) is 1. The first-order valence-electron chi connectivity index (χ1n) is 9.59. The first-order valence-corrected chi connectivity index (χ1v) is 11.9. The number of aromatic nitrogens is 1. The lowest BCUT2D eigenvalue weighted by Gasteiger charge is -2.25. The summed E-state index contributed by atoms with van der Waals surface area (Å²) in [6.07, 6.45) is 5.53. The molecule has 1 aromatic carbocycles. The number of rotatable bonds is 5. The van der Waals surface area contributed by atoms with Crippen molar-refractivity contribution in [1.29, 1.82) is 0 Å². The third-order valence-electron chi connectivity index (χ3n) is 5.28. The van der Waals surface area contributed by atoms with Gasteiger partial charge in [-0.15, -0.1) is 11.3 Å². The smallest absolute Gasteiger partial charge is 0.251 e. The Bertz CT molecular complexity index is 907. The van der Waals surface area contributed by atoms with E-state index in [1.807, 2.05) is 5.38 Å². The van der Waals surface area contributed by atoms with Gasteiger partial charge in [-0.25, -0.2) is 13.4 Å². The SMILES string of the molecule is O=C(NC1CCN(c2nccs2)C1)c1ccc(S(=O)(=O)N2CCCCC2)cc1. The van der Waals surface area contributed by atoms with Gasteiger partial charge in [-0.05, 0) is 43.5 Å². The summed E-state index contributed by atoms with van der Waals surface area (Å²) in [7, 11) is -3.47. The largest absolute Gasteiger partial charge is 0.347 e. The summed E-state index contributed by atoms with van der Waals surface area (Å²) in [6.45, 7) is 2.75. The van der Waals surface area contributed by atoms with Crippen molar-refractivity contribution in [3.05, 3.63) is 41.4 Å². The van der Waals surface area contributed by atoms with Gasteiger partial charge in [-0.3, -0.25) is 4.79 Å². The second-order valence-corrected chi connectivity index (χ2v) is 10.0. The zero-order valence-electron chi connectivity index (χ0n) is 15.6. The number of carbonyl (C=O) groups is 1. The van der Waals surface area contributed by atoms with Gasteiger partial charge in [0.2, 0.25) is 10.0 Å². The van der Waals surface area contributed by atoms with E-state index >= 15 is 0 Å². The van der Waals surface area contributed by atoms with Crippen LogP contribution in [0.4, 0.5) is 5.13 Å². The van der Waals surface area contributed by atoms with E-state index in [0.717, 1.165) is 43.9 Å². The zero-order valence-corrected chi connectivity index (χ0v) is 17.2. The van der Waals surface area contributed by atoms with Crippen LogP contribution in [-0.4, -0.2) is 55.8 Å². The molecule has 3 heterocycles. The number of nitrogens with one attached hydrogen (secondary N) is 1. The Labute approximate surface area is 169 Å². The number of thiazole rings is 1. The molecule has 1 N–H and O–H groups in total. The molecule has 2 aliphatic rings. The van der Waals surface area contributed by atoms with Gasteiger partial charge >= 0.3 is 0 Å². The molecule has 0 radical (unpaired) electrons. The Morgan fingerprint density at radius 2 is 1.86 bits per heavy atom. The molecule has 2 aromatic rings. The molecular formula is C19H24N4O3S2. The van der Waals surface area contributed by atoms with Crippen LogP contribution in [0.2, 0.25) is 0 Å². The van der Waals surface area contributed by atoms with Crippen LogP contribution in [0.3, 0.4) is 0 Å². The Morgan fingerprint density at radius 1 is 1.11 bits per heavy atom. The van der Waals surface area contributed by atoms with Crippen LogP contribution in [0.1, 0.15) is 36.0 Å². The Balaban J connectivity index is 1.38. The molecule has 0 aliphatic carbocycles. The topological polar surface area (TPSA) is 82.6 Å². The summed E-state index contributed by atoms with van der Waals surface area (Å²) in [4.78, 5) is 19.3. The average Bonchev–Trinajstić information content (AvgIpc) is 3.40. The molecule has 9 heteroatoms. The molecule has 7 nitrogen and oxygen atoms in total. The van der Waals surface area contributed by atoms with Crippen LogP contribution in [0.15, 0.2) is 40.7 Å². The van der Waals surface area contributed by atoms with Crippen LogP contribution < -0.4 is 10.2 Å². The fourth-order valence-electron chi connectivity index (χ4n) is 3.73. The number of amides is 1. The van der Waals surface area contributed by atoms with Gasteiger partial charge in [0.15, 0.2) is 5.13 Å². The molecule has 0 saturated carbocycles. The highest BCUT2D eigenvalue weighted by atomic mass is 32.2. The minimum atomic E-state index is -3.47. The van der Waals surface area contributed by atoms with E-state index in [1.165, 1.54) is 16.4 Å². The van der Waals surface area contributed by atoms with Gasteiger partial charge in [0.1, 0.15) is 0 Å². The van der Waals surface area contributed by atoms with Gasteiger partial charge in [0.25, 0.3) is 5.91 Å². The molecule has 2 aliphatic heterocycles. The normalized spacial score (nSPS) is 21.0. The molecule has 4 rings (SSSR count). The maximum Gasteiger partial charge on any atom is 0.251 e. The highest BCUT2D eigenvalue weighted by Gasteiger charge is 2.27. The molecule has 1 atom stereocenters. The molecule has 2 saturated heterocycles. The summed E-state index contributed by atoms with van der Waals surface area (Å²) >= 11 is 1.59. The van der Waals surface area contributed by atoms with Crippen molar-refractivity contribution in [1.82, 2.24) is 14.6 Å². The number of benzene rings is 1. The van der Waals surface area contributed by atoms with E-state index in [1.54, 1.807) is 29.7 Å². The summed E-state index contributed by atoms with van der Waals surface area (Å²) in [5.74, 6) is -0.173. The Morgan fingerprint density at radius 3 is 2.54 bits per heavy atom. The van der Waals surface area contributed by atoms with Gasteiger partial charge in [0.05, 0.1) is 4.90 Å². The maximum absolute atomic E-state index is 12.7. The average molecular weight is 421 g/mol. The van der Waals surface area contributed by atoms with Gasteiger partial charge in [0, 0.05) is 49.4 Å². The minimum absolute atomic E-state index is 0.0631. The highest BCUT2D eigenvalue weighted by molar-refractivity contribution is 7.89. The summed E-state index contributed by atoms with van der Waals surface area (Å²) < 4.78 is 27.0. The Hall–Kier alpha value is -1.97. The van der Waals surface area contributed by atoms with E-state index < -0.39 is 10.0 Å². The standard InChI is InChI=1S/C19H24N4O3S2/c24-18(21-16-8-12-22(14-16)19-20-9-13-27-19)15-4-6-17(7-5-15)28(25,26)23-10-2-1-3-11-23/h4-7,9,13,16H,1-3,8,10-12,14H2,(H,21,24). The first kappa shape index (κ1) is 19.4. The van der Waals surface area contributed by atoms with Crippen LogP contribution in [0, 0.1) is 0 Å². The molecule has 2 fully saturated rings.